The molecule has 0 heterocycles. The Morgan fingerprint density at radius 3 is 2.73 bits per heavy atom. The molecule has 2 radical (unpaired) electrons. The lowest BCUT2D eigenvalue weighted by Crippen LogP contribution is -2.06. The highest BCUT2D eigenvalue weighted by molar-refractivity contribution is 7.98. The summed E-state index contributed by atoms with van der Waals surface area (Å²) in [6.45, 7) is 7.28. The van der Waals surface area contributed by atoms with Crippen molar-refractivity contribution in [2.45, 2.75) is 18.2 Å². The van der Waals surface area contributed by atoms with E-state index in [2.05, 4.69) is 0 Å². The van der Waals surface area contributed by atoms with Crippen molar-refractivity contribution in [1.29, 1.82) is 0 Å². The summed E-state index contributed by atoms with van der Waals surface area (Å²) in [6.07, 6.45) is 1.50. The summed E-state index contributed by atoms with van der Waals surface area (Å²) in [4.78, 5) is 11.0. The number of rotatable bonds is 3. The van der Waals surface area contributed by atoms with Gasteiger partial charge in [-0.1, -0.05) is 0 Å². The molecule has 0 atom stereocenters. The van der Waals surface area contributed by atoms with Gasteiger partial charge in [-0.2, -0.15) is 0 Å². The van der Waals surface area contributed by atoms with Crippen LogP contribution in [0.1, 0.15) is 16.7 Å². The molecular formula is C11H11FO2S. The fraction of sp³-hybridized carbons (Fsp3) is 0.273. The van der Waals surface area contributed by atoms with Crippen molar-refractivity contribution in [2.75, 3.05) is 6.26 Å². The van der Waals surface area contributed by atoms with Crippen LogP contribution in [0.15, 0.2) is 11.0 Å². The normalized spacial score (nSPS) is 10.4. The molecule has 0 aliphatic rings. The maximum Gasteiger partial charge on any atom is 0.307 e. The Hall–Kier alpha value is -1.03. The molecule has 0 aliphatic heterocycles. The van der Waals surface area contributed by atoms with Crippen LogP contribution in [-0.2, 0) is 11.2 Å². The van der Waals surface area contributed by atoms with Crippen LogP contribution < -0.4 is 0 Å². The quantitative estimate of drug-likeness (QED) is 0.805. The first-order valence-corrected chi connectivity index (χ1v) is 5.53. The van der Waals surface area contributed by atoms with Gasteiger partial charge in [0.25, 0.3) is 0 Å². The lowest BCUT2D eigenvalue weighted by Gasteiger charge is -2.12. The molecule has 2 nitrogen and oxygen atoms in total. The Bertz CT molecular complexity index is 402. The molecule has 80 valence electrons. The topological polar surface area (TPSA) is 37.3 Å². The summed E-state index contributed by atoms with van der Waals surface area (Å²) in [7, 11) is 0. The predicted octanol–water partition coefficient (Wildman–Crippen LogP) is 2.54. The van der Waals surface area contributed by atoms with Crippen LogP contribution in [0, 0.1) is 19.7 Å². The molecule has 1 aromatic carbocycles. The number of benzene rings is 1. The second-order valence-electron chi connectivity index (χ2n) is 3.15. The lowest BCUT2D eigenvalue weighted by atomic mass is 10.0. The van der Waals surface area contributed by atoms with Gasteiger partial charge >= 0.3 is 5.97 Å². The van der Waals surface area contributed by atoms with Crippen LogP contribution in [0.2, 0.25) is 0 Å². The van der Waals surface area contributed by atoms with Crippen molar-refractivity contribution < 1.29 is 14.3 Å². The summed E-state index contributed by atoms with van der Waals surface area (Å²) >= 11 is 1.19. The number of hydrogen-bond acceptors (Lipinski definition) is 2. The van der Waals surface area contributed by atoms with Crippen molar-refractivity contribution in [2.24, 2.45) is 0 Å². The zero-order valence-electron chi connectivity index (χ0n) is 8.50. The Labute approximate surface area is 92.5 Å². The first kappa shape index (κ1) is 12.0. The van der Waals surface area contributed by atoms with E-state index in [1.54, 1.807) is 13.2 Å². The van der Waals surface area contributed by atoms with E-state index < -0.39 is 11.8 Å². The van der Waals surface area contributed by atoms with E-state index >= 15 is 0 Å². The average molecular weight is 226 g/mol. The number of carboxylic acids is 1. The van der Waals surface area contributed by atoms with E-state index in [1.165, 1.54) is 17.8 Å². The largest absolute Gasteiger partial charge is 0.481 e. The van der Waals surface area contributed by atoms with Crippen LogP contribution in [0.4, 0.5) is 4.39 Å². The molecule has 0 saturated heterocycles. The van der Waals surface area contributed by atoms with Gasteiger partial charge in [-0.3, -0.25) is 4.79 Å². The molecule has 0 bridgehead atoms. The van der Waals surface area contributed by atoms with E-state index in [9.17, 15) is 9.18 Å². The molecule has 1 N–H and O–H groups in total. The van der Waals surface area contributed by atoms with Gasteiger partial charge in [0.15, 0.2) is 0 Å². The minimum Gasteiger partial charge on any atom is -0.481 e. The maximum atomic E-state index is 13.4. The number of halogens is 1. The highest BCUT2D eigenvalue weighted by atomic mass is 32.2. The van der Waals surface area contributed by atoms with Crippen LogP contribution in [0.3, 0.4) is 0 Å². The molecule has 0 fully saturated rings. The third-order valence-electron chi connectivity index (χ3n) is 2.19. The smallest absolute Gasteiger partial charge is 0.307 e. The van der Waals surface area contributed by atoms with E-state index in [4.69, 9.17) is 12.0 Å². The minimum atomic E-state index is -0.988. The van der Waals surface area contributed by atoms with E-state index in [0.717, 1.165) is 0 Å². The van der Waals surface area contributed by atoms with E-state index in [1.807, 2.05) is 0 Å². The Morgan fingerprint density at radius 2 is 2.27 bits per heavy atom. The second-order valence-corrected chi connectivity index (χ2v) is 3.97. The standard InChI is InChI=1S/C11H11FO2S/c1-6-4-9(12)11(15-3)8(7(6)2)5-10(13)14/h1,4H,5H2,2-3H3,(H,13,14). The second kappa shape index (κ2) is 4.66. The van der Waals surface area contributed by atoms with Gasteiger partial charge in [-0.15, -0.1) is 11.8 Å². The van der Waals surface area contributed by atoms with Gasteiger partial charge in [-0.25, -0.2) is 4.39 Å². The first-order chi connectivity index (χ1) is 6.97. The molecule has 0 amide bonds. The van der Waals surface area contributed by atoms with E-state index in [-0.39, 0.29) is 6.42 Å². The third-order valence-corrected chi connectivity index (χ3v) is 3.04. The maximum absolute atomic E-state index is 13.4. The summed E-state index contributed by atoms with van der Waals surface area (Å²) in [5.41, 5.74) is 1.40. The molecule has 0 spiro atoms. The van der Waals surface area contributed by atoms with Crippen LogP contribution in [-0.4, -0.2) is 17.3 Å². The average Bonchev–Trinajstić information content (AvgIpc) is 2.13. The zero-order valence-corrected chi connectivity index (χ0v) is 9.32. The third kappa shape index (κ3) is 2.50. The van der Waals surface area contributed by atoms with Gasteiger partial charge in [0.05, 0.1) is 6.42 Å². The summed E-state index contributed by atoms with van der Waals surface area (Å²) in [5, 5.41) is 8.72. The molecule has 0 saturated carbocycles. The SMILES string of the molecule is [CH]c1cc(F)c(SC)c(CC(=O)O)c1C. The monoisotopic (exact) mass is 226 g/mol. The molecule has 4 heteroatoms. The number of carbonyl (C=O) groups is 1. The molecule has 15 heavy (non-hydrogen) atoms. The molecule has 1 aromatic rings. The summed E-state index contributed by atoms with van der Waals surface area (Å²) < 4.78 is 13.4. The highest BCUT2D eigenvalue weighted by Crippen LogP contribution is 2.29. The first-order valence-electron chi connectivity index (χ1n) is 4.30. The zero-order chi connectivity index (χ0) is 11.6. The number of aliphatic carboxylic acids is 1. The van der Waals surface area contributed by atoms with Crippen molar-refractivity contribution in [1.82, 2.24) is 0 Å². The van der Waals surface area contributed by atoms with Crippen molar-refractivity contribution in [3.63, 3.8) is 0 Å². The molecular weight excluding hydrogens is 215 g/mol. The lowest BCUT2D eigenvalue weighted by molar-refractivity contribution is -0.136. The van der Waals surface area contributed by atoms with E-state index in [0.29, 0.717) is 21.6 Å². The molecule has 0 aromatic heterocycles. The Morgan fingerprint density at radius 1 is 1.67 bits per heavy atom. The van der Waals surface area contributed by atoms with Crippen LogP contribution in [0.5, 0.6) is 0 Å². The predicted molar refractivity (Wildman–Crippen MR) is 57.7 cm³/mol. The van der Waals surface area contributed by atoms with Crippen molar-refractivity contribution >= 4 is 17.7 Å². The van der Waals surface area contributed by atoms with Gasteiger partial charge in [0.1, 0.15) is 5.82 Å². The Kier molecular flexibility index (Phi) is 3.74. The van der Waals surface area contributed by atoms with Crippen molar-refractivity contribution in [3.8, 4) is 0 Å². The number of thioether (sulfide) groups is 1. The minimum absolute atomic E-state index is 0.204. The Balaban J connectivity index is 3.36. The molecule has 1 rings (SSSR count). The van der Waals surface area contributed by atoms with Gasteiger partial charge in [-0.05, 0) is 42.9 Å². The van der Waals surface area contributed by atoms with Gasteiger partial charge in [0, 0.05) is 4.90 Å². The van der Waals surface area contributed by atoms with Crippen LogP contribution >= 0.6 is 11.8 Å². The number of carboxylic acid groups (broad SMARTS) is 1. The van der Waals surface area contributed by atoms with Crippen LogP contribution in [0.25, 0.3) is 0 Å². The fourth-order valence-corrected chi connectivity index (χ4v) is 2.11. The molecule has 0 aliphatic carbocycles. The fourth-order valence-electron chi connectivity index (χ4n) is 1.38. The highest BCUT2D eigenvalue weighted by Gasteiger charge is 2.15. The molecule has 0 unspecified atom stereocenters. The van der Waals surface area contributed by atoms with Gasteiger partial charge < -0.3 is 5.11 Å². The summed E-state index contributed by atoms with van der Waals surface area (Å²) in [5.74, 6) is -1.44. The van der Waals surface area contributed by atoms with Gasteiger partial charge in [0.2, 0.25) is 0 Å². The number of hydrogen-bond donors (Lipinski definition) is 1. The van der Waals surface area contributed by atoms with Crippen molar-refractivity contribution in [3.05, 3.63) is 35.5 Å². The summed E-state index contributed by atoms with van der Waals surface area (Å²) in [6, 6.07) is 1.23.